The Labute approximate surface area is 149 Å². The highest BCUT2D eigenvalue weighted by atomic mass is 35.5. The third-order valence-electron chi connectivity index (χ3n) is 3.32. The van der Waals surface area contributed by atoms with Crippen LogP contribution in [0.15, 0.2) is 36.4 Å². The molecule has 0 saturated heterocycles. The number of Topliss-reactive ketones (excluding diaryl/α,β-unsaturated/α-hetero) is 1. The Morgan fingerprint density at radius 3 is 2.52 bits per heavy atom. The number of ether oxygens (including phenoxy) is 3. The van der Waals surface area contributed by atoms with Crippen LogP contribution in [0, 0.1) is 12.7 Å². The van der Waals surface area contributed by atoms with E-state index in [1.54, 1.807) is 25.1 Å². The average Bonchev–Trinajstić information content (AvgIpc) is 2.60. The third-order valence-corrected chi connectivity index (χ3v) is 3.75. The van der Waals surface area contributed by atoms with Crippen LogP contribution in [0.1, 0.15) is 15.9 Å². The summed E-state index contributed by atoms with van der Waals surface area (Å²) >= 11 is 5.90. The summed E-state index contributed by atoms with van der Waals surface area (Å²) in [5.74, 6) is -1.42. The number of hydrogen-bond donors (Lipinski definition) is 0. The number of methoxy groups -OCH3 is 1. The van der Waals surface area contributed by atoms with Crippen LogP contribution in [0.25, 0.3) is 0 Å². The summed E-state index contributed by atoms with van der Waals surface area (Å²) in [6.45, 7) is 0.944. The molecule has 0 unspecified atom stereocenters. The fraction of sp³-hybridized carbons (Fsp3) is 0.222. The number of halogens is 2. The standard InChI is InChI=1S/C18H16ClFO5/c1-11-7-13(4-5-14(11)19)24-10-18(22)25-9-16(21)12-3-6-17(23-2)15(20)8-12/h3-8H,9-10H2,1-2H3. The lowest BCUT2D eigenvalue weighted by Crippen LogP contribution is -2.19. The molecule has 0 radical (unpaired) electrons. The molecule has 0 fully saturated rings. The van der Waals surface area contributed by atoms with Gasteiger partial charge in [-0.05, 0) is 48.9 Å². The second-order valence-corrected chi connectivity index (χ2v) is 5.54. The zero-order valence-corrected chi connectivity index (χ0v) is 14.4. The molecule has 0 spiro atoms. The number of carbonyl (C=O) groups excluding carboxylic acids is 2. The van der Waals surface area contributed by atoms with Crippen LogP contribution in [0.4, 0.5) is 4.39 Å². The van der Waals surface area contributed by atoms with Crippen molar-refractivity contribution in [2.45, 2.75) is 6.92 Å². The topological polar surface area (TPSA) is 61.8 Å². The van der Waals surface area contributed by atoms with Crippen LogP contribution in [-0.4, -0.2) is 32.1 Å². The average molecular weight is 367 g/mol. The molecule has 0 aliphatic carbocycles. The molecular formula is C18H16ClFO5. The first-order valence-corrected chi connectivity index (χ1v) is 7.70. The van der Waals surface area contributed by atoms with Crippen LogP contribution < -0.4 is 9.47 Å². The monoisotopic (exact) mass is 366 g/mol. The van der Waals surface area contributed by atoms with E-state index in [1.807, 2.05) is 0 Å². The molecular weight excluding hydrogens is 351 g/mol. The first kappa shape index (κ1) is 18.7. The van der Waals surface area contributed by atoms with Gasteiger partial charge >= 0.3 is 5.97 Å². The fourth-order valence-electron chi connectivity index (χ4n) is 1.96. The molecule has 0 saturated carbocycles. The summed E-state index contributed by atoms with van der Waals surface area (Å²) in [5.41, 5.74) is 0.893. The van der Waals surface area contributed by atoms with Crippen LogP contribution >= 0.6 is 11.6 Å². The summed E-state index contributed by atoms with van der Waals surface area (Å²) < 4.78 is 28.4. The van der Waals surface area contributed by atoms with E-state index in [0.29, 0.717) is 10.8 Å². The highest BCUT2D eigenvalue weighted by molar-refractivity contribution is 6.31. The second-order valence-electron chi connectivity index (χ2n) is 5.13. The highest BCUT2D eigenvalue weighted by Gasteiger charge is 2.13. The smallest absolute Gasteiger partial charge is 0.344 e. The molecule has 0 aromatic heterocycles. The number of benzene rings is 2. The number of rotatable bonds is 7. The maximum Gasteiger partial charge on any atom is 0.344 e. The van der Waals surface area contributed by atoms with Crippen molar-refractivity contribution in [1.82, 2.24) is 0 Å². The van der Waals surface area contributed by atoms with E-state index in [1.165, 1.54) is 19.2 Å². The van der Waals surface area contributed by atoms with E-state index in [0.717, 1.165) is 11.6 Å². The number of hydrogen-bond acceptors (Lipinski definition) is 5. The Hall–Kier alpha value is -2.60. The lowest BCUT2D eigenvalue weighted by Gasteiger charge is -2.08. The van der Waals surface area contributed by atoms with Crippen molar-refractivity contribution in [2.75, 3.05) is 20.3 Å². The van der Waals surface area contributed by atoms with Gasteiger partial charge in [0.05, 0.1) is 7.11 Å². The molecule has 5 nitrogen and oxygen atoms in total. The van der Waals surface area contributed by atoms with Gasteiger partial charge in [0.25, 0.3) is 0 Å². The van der Waals surface area contributed by atoms with Gasteiger partial charge in [-0.2, -0.15) is 0 Å². The van der Waals surface area contributed by atoms with E-state index in [2.05, 4.69) is 0 Å². The second kappa shape index (κ2) is 8.48. The van der Waals surface area contributed by atoms with E-state index < -0.39 is 24.2 Å². The first-order valence-electron chi connectivity index (χ1n) is 7.32. The molecule has 2 aromatic carbocycles. The number of esters is 1. The Balaban J connectivity index is 1.83. The largest absolute Gasteiger partial charge is 0.494 e. The van der Waals surface area contributed by atoms with Crippen LogP contribution in [0.5, 0.6) is 11.5 Å². The van der Waals surface area contributed by atoms with Gasteiger partial charge < -0.3 is 14.2 Å². The number of ketones is 1. The summed E-state index contributed by atoms with van der Waals surface area (Å²) in [6, 6.07) is 8.71. The molecule has 0 aliphatic rings. The van der Waals surface area contributed by atoms with Crippen molar-refractivity contribution in [3.05, 3.63) is 58.4 Å². The quantitative estimate of drug-likeness (QED) is 0.553. The van der Waals surface area contributed by atoms with Crippen molar-refractivity contribution in [3.8, 4) is 11.5 Å². The molecule has 0 amide bonds. The Bertz CT molecular complexity index is 791. The summed E-state index contributed by atoms with van der Waals surface area (Å²) in [6.07, 6.45) is 0. The van der Waals surface area contributed by atoms with E-state index >= 15 is 0 Å². The minimum absolute atomic E-state index is 0.0280. The Morgan fingerprint density at radius 2 is 1.88 bits per heavy atom. The van der Waals surface area contributed by atoms with E-state index in [4.69, 9.17) is 25.8 Å². The summed E-state index contributed by atoms with van der Waals surface area (Å²) in [4.78, 5) is 23.6. The lowest BCUT2D eigenvalue weighted by atomic mass is 10.1. The van der Waals surface area contributed by atoms with Crippen molar-refractivity contribution >= 4 is 23.4 Å². The molecule has 0 aliphatic heterocycles. The predicted octanol–water partition coefficient (Wildman–Crippen LogP) is 3.60. The van der Waals surface area contributed by atoms with Gasteiger partial charge in [-0.3, -0.25) is 4.79 Å². The molecule has 0 bridgehead atoms. The molecule has 2 aromatic rings. The first-order chi connectivity index (χ1) is 11.9. The van der Waals surface area contributed by atoms with Gasteiger partial charge in [0, 0.05) is 10.6 Å². The summed E-state index contributed by atoms with van der Waals surface area (Å²) in [7, 11) is 1.32. The highest BCUT2D eigenvalue weighted by Crippen LogP contribution is 2.21. The predicted molar refractivity (Wildman–Crippen MR) is 89.9 cm³/mol. The van der Waals surface area contributed by atoms with Crippen molar-refractivity contribution in [1.29, 1.82) is 0 Å². The van der Waals surface area contributed by atoms with Crippen LogP contribution in [-0.2, 0) is 9.53 Å². The van der Waals surface area contributed by atoms with Gasteiger partial charge in [-0.15, -0.1) is 0 Å². The normalized spacial score (nSPS) is 10.2. The molecule has 0 atom stereocenters. The molecule has 132 valence electrons. The van der Waals surface area contributed by atoms with Crippen molar-refractivity contribution < 1.29 is 28.2 Å². The molecule has 2 rings (SSSR count). The Kier molecular flexibility index (Phi) is 6.36. The van der Waals surface area contributed by atoms with Gasteiger partial charge in [0.2, 0.25) is 0 Å². The minimum Gasteiger partial charge on any atom is -0.494 e. The molecule has 25 heavy (non-hydrogen) atoms. The minimum atomic E-state index is -0.713. The maximum atomic E-state index is 13.6. The zero-order valence-electron chi connectivity index (χ0n) is 13.7. The molecule has 0 heterocycles. The molecule has 0 N–H and O–H groups in total. The van der Waals surface area contributed by atoms with Gasteiger partial charge in [0.1, 0.15) is 5.75 Å². The van der Waals surface area contributed by atoms with Crippen molar-refractivity contribution in [2.24, 2.45) is 0 Å². The lowest BCUT2D eigenvalue weighted by molar-refractivity contribution is -0.144. The zero-order chi connectivity index (χ0) is 18.4. The maximum absolute atomic E-state index is 13.6. The van der Waals surface area contributed by atoms with Crippen molar-refractivity contribution in [3.63, 3.8) is 0 Å². The SMILES string of the molecule is COc1ccc(C(=O)COC(=O)COc2ccc(Cl)c(C)c2)cc1F. The van der Waals surface area contributed by atoms with Crippen LogP contribution in [0.3, 0.4) is 0 Å². The molecule has 7 heteroatoms. The summed E-state index contributed by atoms with van der Waals surface area (Å²) in [5, 5.41) is 0.590. The van der Waals surface area contributed by atoms with Gasteiger partial charge in [-0.25, -0.2) is 9.18 Å². The van der Waals surface area contributed by atoms with E-state index in [-0.39, 0.29) is 17.9 Å². The van der Waals surface area contributed by atoms with Gasteiger partial charge in [0.15, 0.2) is 30.6 Å². The van der Waals surface area contributed by atoms with Crippen LogP contribution in [0.2, 0.25) is 5.02 Å². The third kappa shape index (κ3) is 5.19. The number of aryl methyl sites for hydroxylation is 1. The van der Waals surface area contributed by atoms with Gasteiger partial charge in [-0.1, -0.05) is 11.6 Å². The van der Waals surface area contributed by atoms with E-state index in [9.17, 15) is 14.0 Å². The fourth-order valence-corrected chi connectivity index (χ4v) is 2.08. The Morgan fingerprint density at radius 1 is 1.12 bits per heavy atom. The number of carbonyl (C=O) groups is 2.